The van der Waals surface area contributed by atoms with Gasteiger partial charge in [-0.3, -0.25) is 9.59 Å². The summed E-state index contributed by atoms with van der Waals surface area (Å²) in [6, 6.07) is 36.2. The van der Waals surface area contributed by atoms with E-state index >= 15 is 0 Å². The third-order valence-electron chi connectivity index (χ3n) is 12.2. The van der Waals surface area contributed by atoms with Crippen molar-refractivity contribution in [1.29, 1.82) is 0 Å². The first-order chi connectivity index (χ1) is 37.9. The Balaban J connectivity index is 1.43. The van der Waals surface area contributed by atoms with Gasteiger partial charge in [0.2, 0.25) is 0 Å². The summed E-state index contributed by atoms with van der Waals surface area (Å²) in [5.74, 6) is -1.13. The molecule has 20 heteroatoms. The van der Waals surface area contributed by atoms with Gasteiger partial charge in [-0.05, 0) is 131 Å². The second kappa shape index (κ2) is 27.1. The van der Waals surface area contributed by atoms with E-state index in [1.807, 2.05) is 72.7 Å². The van der Waals surface area contributed by atoms with Crippen molar-refractivity contribution in [2.75, 3.05) is 41.7 Å². The van der Waals surface area contributed by atoms with Crippen LogP contribution in [-0.4, -0.2) is 77.5 Å². The summed E-state index contributed by atoms with van der Waals surface area (Å²) in [6.45, 7) is 14.9. The molecule has 0 N–H and O–H groups in total. The number of esters is 6. The van der Waals surface area contributed by atoms with Crippen molar-refractivity contribution in [2.24, 2.45) is 0 Å². The molecule has 0 amide bonds. The average Bonchev–Trinajstić information content (AvgIpc) is 3.58. The van der Waals surface area contributed by atoms with Crippen LogP contribution in [0.25, 0.3) is 0 Å². The zero-order valence-corrected chi connectivity index (χ0v) is 48.4. The summed E-state index contributed by atoms with van der Waals surface area (Å²) in [6.07, 6.45) is -0.176. The summed E-state index contributed by atoms with van der Waals surface area (Å²) < 4.78 is 69.0. The molecule has 0 heterocycles. The Kier molecular flexibility index (Phi) is 20.7. The third-order valence-corrected chi connectivity index (χ3v) is 14.3. The molecule has 6 rings (SSSR count). The molecule has 0 atom stereocenters. The predicted molar refractivity (Wildman–Crippen MR) is 298 cm³/mol. The van der Waals surface area contributed by atoms with E-state index in [4.69, 9.17) is 55.6 Å². The lowest BCUT2D eigenvalue weighted by Crippen LogP contribution is -2.30. The monoisotopic (exact) mass is 1130 g/mol. The molecule has 0 fully saturated rings. The number of carbonyl (C=O) groups excluding carboxylic acids is 6. The van der Waals surface area contributed by atoms with Crippen molar-refractivity contribution in [3.8, 4) is 34.5 Å². The van der Waals surface area contributed by atoms with Crippen molar-refractivity contribution < 1.29 is 84.3 Å². The number of methoxy groups -OCH3 is 4. The van der Waals surface area contributed by atoms with Crippen LogP contribution in [0.15, 0.2) is 133 Å². The highest BCUT2D eigenvalue weighted by atomic mass is 31.2. The Morgan fingerprint density at radius 1 is 0.388 bits per heavy atom. The molecule has 0 aliphatic heterocycles. The Bertz CT molecular complexity index is 2810. The van der Waals surface area contributed by atoms with Gasteiger partial charge in [0, 0.05) is 23.5 Å². The van der Waals surface area contributed by atoms with Crippen LogP contribution in [0.4, 0.5) is 0 Å². The van der Waals surface area contributed by atoms with E-state index in [0.29, 0.717) is 79.0 Å². The number of ether oxygens (including phenoxy) is 6. The molecule has 0 aliphatic rings. The highest BCUT2D eigenvalue weighted by Gasteiger charge is 2.37. The van der Waals surface area contributed by atoms with Gasteiger partial charge < -0.3 is 55.6 Å². The first-order valence-electron chi connectivity index (χ1n) is 24.9. The molecule has 6 aromatic carbocycles. The highest BCUT2D eigenvalue weighted by molar-refractivity contribution is 7.43. The summed E-state index contributed by atoms with van der Waals surface area (Å²) in [4.78, 5) is 74.7. The molecule has 0 radical (unpaired) electrons. The van der Waals surface area contributed by atoms with Gasteiger partial charge in [-0.2, -0.15) is 0 Å². The lowest BCUT2D eigenvalue weighted by molar-refractivity contribution is -0.151. The van der Waals surface area contributed by atoms with E-state index in [1.165, 1.54) is 35.4 Å². The van der Waals surface area contributed by atoms with Gasteiger partial charge in [-0.25, -0.2) is 19.2 Å². The summed E-state index contributed by atoms with van der Waals surface area (Å²) in [5, 5.41) is 0. The van der Waals surface area contributed by atoms with E-state index < -0.39 is 69.3 Å². The van der Waals surface area contributed by atoms with Gasteiger partial charge in [0.1, 0.15) is 47.7 Å². The molecule has 0 saturated heterocycles. The largest absolute Gasteiger partial charge is 0.530 e. The molecule has 0 unspecified atom stereocenters. The third kappa shape index (κ3) is 16.4. The van der Waals surface area contributed by atoms with Crippen LogP contribution < -0.4 is 27.1 Å². The summed E-state index contributed by atoms with van der Waals surface area (Å²) >= 11 is 0. The van der Waals surface area contributed by atoms with E-state index in [9.17, 15) is 28.8 Å². The fourth-order valence-corrected chi connectivity index (χ4v) is 9.86. The Morgan fingerprint density at radius 2 is 0.675 bits per heavy atom. The minimum Gasteiger partial charge on any atom is -0.465 e. The van der Waals surface area contributed by atoms with Crippen LogP contribution >= 0.6 is 17.2 Å². The van der Waals surface area contributed by atoms with Crippen LogP contribution in [0, 0.1) is 0 Å². The molecule has 6 aromatic rings. The number of hydrogen-bond acceptors (Lipinski definition) is 18. The van der Waals surface area contributed by atoms with Gasteiger partial charge in [0.15, 0.2) is 0 Å². The normalized spacial score (nSPS) is 11.4. The van der Waals surface area contributed by atoms with E-state index in [1.54, 1.807) is 109 Å². The summed E-state index contributed by atoms with van der Waals surface area (Å²) in [7, 11) is 0.545. The lowest BCUT2D eigenvalue weighted by Gasteiger charge is -2.34. The maximum absolute atomic E-state index is 14.1. The van der Waals surface area contributed by atoms with Crippen molar-refractivity contribution >= 4 is 53.0 Å². The van der Waals surface area contributed by atoms with E-state index in [2.05, 4.69) is 0 Å². The molecule has 0 aromatic heterocycles. The van der Waals surface area contributed by atoms with Gasteiger partial charge in [-0.1, -0.05) is 72.7 Å². The molecule has 0 bridgehead atoms. The molecule has 0 saturated carbocycles. The van der Waals surface area contributed by atoms with Gasteiger partial charge in [0.05, 0.1) is 57.1 Å². The standard InChI is InChI=1S/C60H64O18P2/c1-38(61)71-33-34-72-53(62)37-60(8,43-21-31-51(49(35-43)58(2,3)4)77-79(73-45-23-13-39(14-24-45)54(63)67-9)74-46-25-15-40(16-26-46)55(64)68-10)44-22-32-52(50(36-44)59(5,6)7)78-80(75-47-27-17-41(18-28-47)56(65)69-11)76-48-29-19-42(20-30-48)57(66)70-12/h13-32,35-36H,33-34,37H2,1-12H3. The van der Waals surface area contributed by atoms with Gasteiger partial charge in [0.25, 0.3) is 0 Å². The maximum Gasteiger partial charge on any atom is 0.530 e. The molecular formula is C60H64O18P2. The van der Waals surface area contributed by atoms with E-state index in [0.717, 1.165) is 0 Å². The number of hydrogen-bond donors (Lipinski definition) is 0. The van der Waals surface area contributed by atoms with Gasteiger partial charge >= 0.3 is 53.0 Å². The molecule has 18 nitrogen and oxygen atoms in total. The minimum atomic E-state index is -2.30. The fraction of sp³-hybridized carbons (Fsp3) is 0.300. The van der Waals surface area contributed by atoms with Crippen molar-refractivity contribution in [3.05, 3.63) is 178 Å². The molecule has 0 spiro atoms. The first kappa shape index (κ1) is 61.0. The molecule has 0 aliphatic carbocycles. The zero-order chi connectivity index (χ0) is 58.4. The zero-order valence-electron chi connectivity index (χ0n) is 46.6. The van der Waals surface area contributed by atoms with Crippen LogP contribution in [0.5, 0.6) is 34.5 Å². The molecule has 80 heavy (non-hydrogen) atoms. The average molecular weight is 1140 g/mol. The topological polar surface area (TPSA) is 213 Å². The first-order valence-corrected chi connectivity index (χ1v) is 27.1. The Labute approximate surface area is 467 Å². The minimum absolute atomic E-state index is 0.131. The Morgan fingerprint density at radius 3 is 0.938 bits per heavy atom. The SMILES string of the molecule is COC(=O)c1ccc(OP(Oc2ccc(C(=O)OC)cc2)Oc2ccc(C(C)(CC(=O)OCCOC(C)=O)c3ccc(OP(Oc4ccc(C(=O)OC)cc4)Oc4ccc(C(=O)OC)cc4)c(C(C)(C)C)c3)cc2C(C)(C)C)cc1. The van der Waals surface area contributed by atoms with Gasteiger partial charge in [-0.15, -0.1) is 0 Å². The smallest absolute Gasteiger partial charge is 0.465 e. The summed E-state index contributed by atoms with van der Waals surface area (Å²) in [5.41, 5.74) is 1.69. The Hall–Kier alpha value is -8.20. The van der Waals surface area contributed by atoms with Crippen LogP contribution in [0.3, 0.4) is 0 Å². The maximum atomic E-state index is 14.1. The molecule has 422 valence electrons. The molecular weight excluding hydrogens is 1070 g/mol. The number of carbonyl (C=O) groups is 6. The fourth-order valence-electron chi connectivity index (χ4n) is 7.82. The number of benzene rings is 6. The van der Waals surface area contributed by atoms with E-state index in [-0.39, 0.29) is 19.6 Å². The van der Waals surface area contributed by atoms with Crippen molar-refractivity contribution in [2.45, 2.75) is 78.1 Å². The second-order valence-corrected chi connectivity index (χ2v) is 22.0. The van der Waals surface area contributed by atoms with Crippen LogP contribution in [-0.2, 0) is 54.3 Å². The highest BCUT2D eigenvalue weighted by Crippen LogP contribution is 2.50. The quantitative estimate of drug-likeness (QED) is 0.0252. The van der Waals surface area contributed by atoms with Crippen molar-refractivity contribution in [3.63, 3.8) is 0 Å². The second-order valence-electron chi connectivity index (χ2n) is 20.1. The van der Waals surface area contributed by atoms with Crippen LogP contribution in [0.1, 0.15) is 125 Å². The predicted octanol–water partition coefficient (Wildman–Crippen LogP) is 12.8. The van der Waals surface area contributed by atoms with Crippen LogP contribution in [0.2, 0.25) is 0 Å². The van der Waals surface area contributed by atoms with Crippen molar-refractivity contribution in [1.82, 2.24) is 0 Å². The lowest BCUT2D eigenvalue weighted by atomic mass is 9.70. The number of rotatable bonds is 23.